The highest BCUT2D eigenvalue weighted by Gasteiger charge is 2.12. The molecule has 2 heteroatoms. The van der Waals surface area contributed by atoms with Crippen LogP contribution in [0.15, 0.2) is 17.2 Å². The second-order valence-electron chi connectivity index (χ2n) is 3.50. The van der Waals surface area contributed by atoms with E-state index in [1.807, 2.05) is 0 Å². The first-order chi connectivity index (χ1) is 6.35. The van der Waals surface area contributed by atoms with E-state index in [2.05, 4.69) is 35.8 Å². The van der Waals surface area contributed by atoms with Gasteiger partial charge in [0.1, 0.15) is 0 Å². The molecule has 0 spiro atoms. The second kappa shape index (κ2) is 3.36. The van der Waals surface area contributed by atoms with E-state index in [-0.39, 0.29) is 0 Å². The Balaban J connectivity index is 2.41. The largest absolute Gasteiger partial charge is 0.242 e. The molecule has 13 heavy (non-hydrogen) atoms. The minimum atomic E-state index is 1.07. The molecule has 0 atom stereocenters. The summed E-state index contributed by atoms with van der Waals surface area (Å²) in [5, 5.41) is 4.63. The molecule has 1 aliphatic rings. The van der Waals surface area contributed by atoms with Crippen molar-refractivity contribution < 1.29 is 0 Å². The average molecular weight is 176 g/mol. The molecule has 0 N–H and O–H groups in total. The van der Waals surface area contributed by atoms with Gasteiger partial charge in [0.15, 0.2) is 0 Å². The van der Waals surface area contributed by atoms with Gasteiger partial charge in [-0.25, -0.2) is 4.68 Å². The second-order valence-corrected chi connectivity index (χ2v) is 3.50. The van der Waals surface area contributed by atoms with Crippen LogP contribution >= 0.6 is 0 Å². The Morgan fingerprint density at radius 3 is 2.77 bits per heavy atom. The van der Waals surface area contributed by atoms with Crippen molar-refractivity contribution in [3.63, 3.8) is 0 Å². The SMILES string of the molecule is CCC1=Nn2c(CC)ccc2CC1. The van der Waals surface area contributed by atoms with Crippen LogP contribution in [-0.2, 0) is 12.8 Å². The zero-order chi connectivity index (χ0) is 9.26. The lowest BCUT2D eigenvalue weighted by Gasteiger charge is -2.15. The van der Waals surface area contributed by atoms with E-state index in [1.165, 1.54) is 17.1 Å². The van der Waals surface area contributed by atoms with Crippen LogP contribution in [0.3, 0.4) is 0 Å². The number of hydrogen-bond acceptors (Lipinski definition) is 1. The minimum absolute atomic E-state index is 1.07. The maximum absolute atomic E-state index is 4.63. The maximum atomic E-state index is 4.63. The molecule has 1 aromatic rings. The van der Waals surface area contributed by atoms with E-state index in [1.54, 1.807) is 0 Å². The van der Waals surface area contributed by atoms with Crippen LogP contribution in [-0.4, -0.2) is 10.4 Å². The molecule has 1 aromatic heterocycles. The van der Waals surface area contributed by atoms with Crippen LogP contribution in [0.25, 0.3) is 0 Å². The summed E-state index contributed by atoms with van der Waals surface area (Å²) in [6, 6.07) is 4.40. The van der Waals surface area contributed by atoms with Crippen molar-refractivity contribution in [1.29, 1.82) is 0 Å². The van der Waals surface area contributed by atoms with Crippen molar-refractivity contribution in [2.24, 2.45) is 5.10 Å². The van der Waals surface area contributed by atoms with Gasteiger partial charge < -0.3 is 0 Å². The molecule has 0 amide bonds. The molecule has 2 rings (SSSR count). The Morgan fingerprint density at radius 1 is 1.23 bits per heavy atom. The quantitative estimate of drug-likeness (QED) is 0.659. The first-order valence-corrected chi connectivity index (χ1v) is 5.11. The lowest BCUT2D eigenvalue weighted by molar-refractivity contribution is 0.709. The van der Waals surface area contributed by atoms with Gasteiger partial charge >= 0.3 is 0 Å². The summed E-state index contributed by atoms with van der Waals surface area (Å²) in [5.74, 6) is 0. The van der Waals surface area contributed by atoms with Gasteiger partial charge in [0.25, 0.3) is 0 Å². The molecule has 0 saturated heterocycles. The molecule has 1 aliphatic heterocycles. The Bertz CT molecular complexity index is 334. The number of fused-ring (bicyclic) bond motifs is 1. The minimum Gasteiger partial charge on any atom is -0.242 e. The zero-order valence-corrected chi connectivity index (χ0v) is 8.38. The average Bonchev–Trinajstić information content (AvgIpc) is 2.59. The normalized spacial score (nSPS) is 15.4. The van der Waals surface area contributed by atoms with Crippen LogP contribution in [0.2, 0.25) is 0 Å². The number of aromatic nitrogens is 1. The van der Waals surface area contributed by atoms with Gasteiger partial charge in [-0.1, -0.05) is 13.8 Å². The summed E-state index contributed by atoms with van der Waals surface area (Å²) >= 11 is 0. The fraction of sp³-hybridized carbons (Fsp3) is 0.545. The van der Waals surface area contributed by atoms with Gasteiger partial charge in [0.05, 0.1) is 0 Å². The van der Waals surface area contributed by atoms with E-state index >= 15 is 0 Å². The zero-order valence-electron chi connectivity index (χ0n) is 8.38. The van der Waals surface area contributed by atoms with E-state index in [0.717, 1.165) is 25.7 Å². The Morgan fingerprint density at radius 2 is 2.08 bits per heavy atom. The van der Waals surface area contributed by atoms with Crippen LogP contribution in [0, 0.1) is 0 Å². The van der Waals surface area contributed by atoms with E-state index in [0.29, 0.717) is 0 Å². The maximum Gasteiger partial charge on any atom is 0.0427 e. The van der Waals surface area contributed by atoms with Gasteiger partial charge in [-0.05, 0) is 37.8 Å². The third kappa shape index (κ3) is 1.41. The highest BCUT2D eigenvalue weighted by atomic mass is 15.4. The topological polar surface area (TPSA) is 17.3 Å². The fourth-order valence-electron chi connectivity index (χ4n) is 1.81. The third-order valence-electron chi connectivity index (χ3n) is 2.69. The summed E-state index contributed by atoms with van der Waals surface area (Å²) in [6.07, 6.45) is 4.46. The number of hydrogen-bond donors (Lipinski definition) is 0. The monoisotopic (exact) mass is 176 g/mol. The van der Waals surface area contributed by atoms with Crippen molar-refractivity contribution >= 4 is 5.71 Å². The van der Waals surface area contributed by atoms with Crippen molar-refractivity contribution in [2.45, 2.75) is 39.5 Å². The highest BCUT2D eigenvalue weighted by molar-refractivity contribution is 5.85. The van der Waals surface area contributed by atoms with Gasteiger partial charge in [-0.15, -0.1) is 0 Å². The number of rotatable bonds is 2. The summed E-state index contributed by atoms with van der Waals surface area (Å²) in [4.78, 5) is 0. The molecule has 0 fully saturated rings. The standard InChI is InChI=1S/C11H16N2/c1-3-9-5-6-11-8-7-10(4-2)13(11)12-9/h7-8H,3-6H2,1-2H3. The molecule has 0 aromatic carbocycles. The predicted octanol–water partition coefficient (Wildman–Crippen LogP) is 2.61. The van der Waals surface area contributed by atoms with Gasteiger partial charge in [-0.2, -0.15) is 5.10 Å². The molecule has 0 saturated carbocycles. The van der Waals surface area contributed by atoms with Crippen molar-refractivity contribution in [3.8, 4) is 0 Å². The fourth-order valence-corrected chi connectivity index (χ4v) is 1.81. The molecule has 0 unspecified atom stereocenters. The molecule has 0 radical (unpaired) electrons. The number of nitrogens with zero attached hydrogens (tertiary/aromatic N) is 2. The predicted molar refractivity (Wildman–Crippen MR) is 55.3 cm³/mol. The van der Waals surface area contributed by atoms with E-state index in [4.69, 9.17) is 0 Å². The van der Waals surface area contributed by atoms with Gasteiger partial charge in [-0.3, -0.25) is 0 Å². The smallest absolute Gasteiger partial charge is 0.0427 e. The van der Waals surface area contributed by atoms with E-state index < -0.39 is 0 Å². The lowest BCUT2D eigenvalue weighted by Crippen LogP contribution is -2.13. The Labute approximate surface area is 79.3 Å². The highest BCUT2D eigenvalue weighted by Crippen LogP contribution is 2.17. The molecular formula is C11H16N2. The summed E-state index contributed by atoms with van der Waals surface area (Å²) in [6.45, 7) is 4.36. The van der Waals surface area contributed by atoms with Crippen LogP contribution < -0.4 is 0 Å². The van der Waals surface area contributed by atoms with Crippen molar-refractivity contribution in [2.75, 3.05) is 0 Å². The Hall–Kier alpha value is -1.05. The Kier molecular flexibility index (Phi) is 2.21. The third-order valence-corrected chi connectivity index (χ3v) is 2.69. The summed E-state index contributed by atoms with van der Waals surface area (Å²) in [5.41, 5.74) is 4.04. The first-order valence-electron chi connectivity index (χ1n) is 5.11. The first kappa shape index (κ1) is 8.54. The molecule has 2 nitrogen and oxygen atoms in total. The van der Waals surface area contributed by atoms with E-state index in [9.17, 15) is 0 Å². The molecular weight excluding hydrogens is 160 g/mol. The molecule has 0 bridgehead atoms. The number of aryl methyl sites for hydroxylation is 2. The van der Waals surface area contributed by atoms with Crippen molar-refractivity contribution in [1.82, 2.24) is 4.68 Å². The lowest BCUT2D eigenvalue weighted by atomic mass is 10.1. The molecule has 70 valence electrons. The van der Waals surface area contributed by atoms with Crippen LogP contribution in [0.4, 0.5) is 0 Å². The van der Waals surface area contributed by atoms with Crippen molar-refractivity contribution in [3.05, 3.63) is 23.5 Å². The van der Waals surface area contributed by atoms with Gasteiger partial charge in [0.2, 0.25) is 0 Å². The van der Waals surface area contributed by atoms with Gasteiger partial charge in [0, 0.05) is 17.1 Å². The molecule has 0 aliphatic carbocycles. The summed E-state index contributed by atoms with van der Waals surface area (Å²) < 4.78 is 2.13. The van der Waals surface area contributed by atoms with Crippen LogP contribution in [0.1, 0.15) is 38.1 Å². The summed E-state index contributed by atoms with van der Waals surface area (Å²) in [7, 11) is 0. The molecule has 2 heterocycles. The van der Waals surface area contributed by atoms with Crippen LogP contribution in [0.5, 0.6) is 0 Å².